The third kappa shape index (κ3) is 6.73. The van der Waals surface area contributed by atoms with E-state index in [1.807, 2.05) is 30.3 Å². The van der Waals surface area contributed by atoms with E-state index in [-0.39, 0.29) is 17.9 Å². The first-order valence-corrected chi connectivity index (χ1v) is 16.6. The van der Waals surface area contributed by atoms with Crippen molar-refractivity contribution in [3.8, 4) is 32.3 Å². The van der Waals surface area contributed by atoms with Crippen LogP contribution < -0.4 is 0 Å². The fourth-order valence-corrected chi connectivity index (χ4v) is 7.76. The van der Waals surface area contributed by atoms with Crippen LogP contribution in [0.2, 0.25) is 5.02 Å². The van der Waals surface area contributed by atoms with Gasteiger partial charge in [-0.15, -0.1) is 11.3 Å². The van der Waals surface area contributed by atoms with Crippen LogP contribution in [-0.4, -0.2) is 41.4 Å². The number of sulfonamides is 1. The van der Waals surface area contributed by atoms with Gasteiger partial charge in [0.05, 0.1) is 15.5 Å². The summed E-state index contributed by atoms with van der Waals surface area (Å²) in [7, 11) is -4.11. The topological polar surface area (TPSA) is 87.6 Å². The highest BCUT2D eigenvalue weighted by Crippen LogP contribution is 2.41. The maximum atomic E-state index is 13.7. The lowest BCUT2D eigenvalue weighted by molar-refractivity contribution is -0.141. The Balaban J connectivity index is 1.51. The van der Waals surface area contributed by atoms with Gasteiger partial charge < -0.3 is 5.11 Å². The van der Waals surface area contributed by atoms with Crippen LogP contribution in [0.5, 0.6) is 0 Å². The van der Waals surface area contributed by atoms with Crippen LogP contribution in [-0.2, 0) is 27.7 Å². The Morgan fingerprint density at radius 3 is 2.02 bits per heavy atom. The van der Waals surface area contributed by atoms with Gasteiger partial charge in [-0.1, -0.05) is 104 Å². The Bertz CT molecular complexity index is 1800. The van der Waals surface area contributed by atoms with Crippen molar-refractivity contribution < 1.29 is 18.3 Å². The lowest BCUT2D eigenvalue weighted by atomic mass is 10.1. The summed E-state index contributed by atoms with van der Waals surface area (Å²) in [6, 6.07) is 30.2. The second-order valence-electron chi connectivity index (χ2n) is 10.0. The molecule has 1 atom stereocenters. The van der Waals surface area contributed by atoms with E-state index in [0.29, 0.717) is 5.02 Å². The van der Waals surface area contributed by atoms with Crippen LogP contribution in [0, 0.1) is 0 Å². The molecule has 9 heteroatoms. The van der Waals surface area contributed by atoms with Crippen molar-refractivity contribution in [2.45, 2.75) is 37.6 Å². The van der Waals surface area contributed by atoms with Gasteiger partial charge >= 0.3 is 5.97 Å². The highest BCUT2D eigenvalue weighted by atomic mass is 35.5. The normalized spacial score (nSPS) is 12.4. The van der Waals surface area contributed by atoms with Crippen molar-refractivity contribution >= 4 is 38.9 Å². The number of thiazole rings is 1. The molecule has 1 heterocycles. The first-order chi connectivity index (χ1) is 20.7. The molecule has 43 heavy (non-hydrogen) atoms. The number of hydrogen-bond acceptors (Lipinski definition) is 5. The van der Waals surface area contributed by atoms with E-state index >= 15 is 0 Å². The van der Waals surface area contributed by atoms with Gasteiger partial charge in [-0.25, -0.2) is 13.4 Å². The van der Waals surface area contributed by atoms with Gasteiger partial charge in [-0.05, 0) is 53.8 Å². The number of halogens is 1. The van der Waals surface area contributed by atoms with Crippen LogP contribution in [0.15, 0.2) is 108 Å². The number of aliphatic carboxylic acids is 1. The molecule has 0 saturated heterocycles. The molecular weight excluding hydrogens is 600 g/mol. The minimum atomic E-state index is -4.11. The minimum absolute atomic E-state index is 0.0147. The van der Waals surface area contributed by atoms with Crippen molar-refractivity contribution in [2.24, 2.45) is 0 Å². The van der Waals surface area contributed by atoms with E-state index in [0.717, 1.165) is 48.6 Å². The Morgan fingerprint density at radius 2 is 1.44 bits per heavy atom. The number of hydrogen-bond donors (Lipinski definition) is 1. The molecule has 1 unspecified atom stereocenters. The third-order valence-corrected chi connectivity index (χ3v) is 10.7. The highest BCUT2D eigenvalue weighted by molar-refractivity contribution is 7.89. The van der Waals surface area contributed by atoms with Crippen LogP contribution in [0.1, 0.15) is 25.0 Å². The van der Waals surface area contributed by atoms with Crippen LogP contribution >= 0.6 is 22.9 Å². The number of benzene rings is 4. The average Bonchev–Trinajstić information content (AvgIpc) is 3.47. The van der Waals surface area contributed by atoms with Crippen LogP contribution in [0.4, 0.5) is 0 Å². The summed E-state index contributed by atoms with van der Waals surface area (Å²) >= 11 is 7.72. The summed E-state index contributed by atoms with van der Waals surface area (Å²) in [6.45, 7) is 3.78. The molecule has 0 aliphatic carbocycles. The largest absolute Gasteiger partial charge is 0.480 e. The maximum absolute atomic E-state index is 13.7. The molecule has 1 N–H and O–H groups in total. The fourth-order valence-electron chi connectivity index (χ4n) is 4.95. The van der Waals surface area contributed by atoms with Gasteiger partial charge in [0.2, 0.25) is 10.0 Å². The fraction of sp³-hybridized carbons (Fsp3) is 0.176. The molecule has 220 valence electrons. The van der Waals surface area contributed by atoms with E-state index < -0.39 is 22.0 Å². The second-order valence-corrected chi connectivity index (χ2v) is 13.4. The molecule has 0 aliphatic rings. The zero-order valence-corrected chi connectivity index (χ0v) is 26.2. The minimum Gasteiger partial charge on any atom is -0.480 e. The van der Waals surface area contributed by atoms with E-state index in [1.54, 1.807) is 54.7 Å². The molecule has 5 rings (SSSR count). The lowest BCUT2D eigenvalue weighted by Gasteiger charge is -2.27. The van der Waals surface area contributed by atoms with Crippen molar-refractivity contribution in [2.75, 3.05) is 6.54 Å². The molecular formula is C34H31ClN2O4S2. The number of nitrogens with zero attached hydrogens (tertiary/aromatic N) is 2. The van der Waals surface area contributed by atoms with Gasteiger partial charge in [0, 0.05) is 22.7 Å². The number of aromatic nitrogens is 1. The molecule has 0 amide bonds. The van der Waals surface area contributed by atoms with Crippen molar-refractivity contribution in [1.29, 1.82) is 0 Å². The van der Waals surface area contributed by atoms with Gasteiger partial charge in [0.25, 0.3) is 0 Å². The predicted molar refractivity (Wildman–Crippen MR) is 174 cm³/mol. The number of carboxylic acid groups (broad SMARTS) is 1. The predicted octanol–water partition coefficient (Wildman–Crippen LogP) is 8.07. The molecule has 0 bridgehead atoms. The van der Waals surface area contributed by atoms with Gasteiger partial charge in [-0.2, -0.15) is 4.31 Å². The molecule has 4 aromatic carbocycles. The Kier molecular flexibility index (Phi) is 9.42. The van der Waals surface area contributed by atoms with Crippen molar-refractivity contribution in [1.82, 2.24) is 9.29 Å². The molecule has 0 fully saturated rings. The molecule has 6 nitrogen and oxygen atoms in total. The molecule has 0 radical (unpaired) electrons. The Hall–Kier alpha value is -3.82. The summed E-state index contributed by atoms with van der Waals surface area (Å²) in [6.07, 6.45) is 1.01. The average molecular weight is 631 g/mol. The monoisotopic (exact) mass is 630 g/mol. The third-order valence-electron chi connectivity index (χ3n) is 7.29. The number of carboxylic acids is 1. The van der Waals surface area contributed by atoms with E-state index in [4.69, 9.17) is 16.6 Å². The quantitative estimate of drug-likeness (QED) is 0.159. The number of likely N-dealkylation sites (N-methyl/N-ethyl adjacent to an activating group) is 1. The zero-order chi connectivity index (χ0) is 30.6. The number of carbonyl (C=O) groups is 1. The molecule has 0 aliphatic heterocycles. The van der Waals surface area contributed by atoms with E-state index in [2.05, 4.69) is 31.2 Å². The Labute approximate surface area is 261 Å². The Morgan fingerprint density at radius 1 is 0.837 bits per heavy atom. The van der Waals surface area contributed by atoms with Gasteiger partial charge in [0.15, 0.2) is 0 Å². The zero-order valence-electron chi connectivity index (χ0n) is 23.8. The van der Waals surface area contributed by atoms with Crippen molar-refractivity contribution in [3.63, 3.8) is 0 Å². The van der Waals surface area contributed by atoms with Crippen LogP contribution in [0.25, 0.3) is 32.3 Å². The maximum Gasteiger partial charge on any atom is 0.322 e. The highest BCUT2D eigenvalue weighted by Gasteiger charge is 2.35. The smallest absolute Gasteiger partial charge is 0.322 e. The van der Waals surface area contributed by atoms with E-state index in [9.17, 15) is 18.3 Å². The molecule has 0 saturated carbocycles. The number of aryl methyl sites for hydroxylation is 1. The standard InChI is InChI=1S/C34H31ClN2O4S2/c1-3-23-10-12-27(13-11-23)33-36-31(32(42-33)26-14-18-28(35)19-15-26)25-16-20-29(21-17-25)43(40,41)37(4-2)30(34(38)39)22-24-8-6-5-7-9-24/h5-21,30H,3-4,22H2,1-2H3,(H,38,39). The summed E-state index contributed by atoms with van der Waals surface area (Å²) in [5, 5.41) is 11.5. The summed E-state index contributed by atoms with van der Waals surface area (Å²) in [4.78, 5) is 18.2. The molecule has 0 spiro atoms. The summed E-state index contributed by atoms with van der Waals surface area (Å²) < 4.78 is 28.5. The lowest BCUT2D eigenvalue weighted by Crippen LogP contribution is -2.46. The first-order valence-electron chi connectivity index (χ1n) is 14.0. The SMILES string of the molecule is CCc1ccc(-c2nc(-c3ccc(S(=O)(=O)N(CC)C(Cc4ccccc4)C(=O)O)cc3)c(-c3ccc(Cl)cc3)s2)cc1. The summed E-state index contributed by atoms with van der Waals surface area (Å²) in [5.74, 6) is -1.19. The summed E-state index contributed by atoms with van der Waals surface area (Å²) in [5.41, 5.74) is 5.42. The van der Waals surface area contributed by atoms with Gasteiger partial charge in [-0.3, -0.25) is 4.79 Å². The second kappa shape index (κ2) is 13.2. The first kappa shape index (κ1) is 30.6. The van der Waals surface area contributed by atoms with E-state index in [1.165, 1.54) is 17.7 Å². The van der Waals surface area contributed by atoms with Crippen molar-refractivity contribution in [3.05, 3.63) is 119 Å². The molecule has 5 aromatic rings. The molecule has 1 aromatic heterocycles. The number of rotatable bonds is 11. The van der Waals surface area contributed by atoms with Crippen LogP contribution in [0.3, 0.4) is 0 Å². The van der Waals surface area contributed by atoms with Gasteiger partial charge in [0.1, 0.15) is 11.0 Å².